The molecule has 2 fully saturated rings. The lowest BCUT2D eigenvalue weighted by molar-refractivity contribution is 0.136. The number of guanidine groups is 1. The van der Waals surface area contributed by atoms with Crippen LogP contribution >= 0.6 is 0 Å². The van der Waals surface area contributed by atoms with Crippen LogP contribution in [-0.2, 0) is 0 Å². The summed E-state index contributed by atoms with van der Waals surface area (Å²) in [4.78, 5) is 11.8. The third-order valence-electron chi connectivity index (χ3n) is 6.19. The molecule has 8 heteroatoms. The van der Waals surface area contributed by atoms with Gasteiger partial charge < -0.3 is 25.3 Å². The van der Waals surface area contributed by atoms with E-state index in [0.29, 0.717) is 12.2 Å². The van der Waals surface area contributed by atoms with Crippen molar-refractivity contribution in [1.29, 1.82) is 0 Å². The minimum Gasteiger partial charge on any atom is -0.367 e. The van der Waals surface area contributed by atoms with E-state index in [1.165, 1.54) is 38.3 Å². The maximum Gasteiger partial charge on any atom is 0.191 e. The van der Waals surface area contributed by atoms with Crippen molar-refractivity contribution in [2.45, 2.75) is 39.2 Å². The van der Waals surface area contributed by atoms with Gasteiger partial charge in [-0.15, -0.1) is 0 Å². The smallest absolute Gasteiger partial charge is 0.191 e. The van der Waals surface area contributed by atoms with Crippen molar-refractivity contribution in [2.75, 3.05) is 70.3 Å². The second-order valence-corrected chi connectivity index (χ2v) is 8.42. The van der Waals surface area contributed by atoms with Gasteiger partial charge in [-0.05, 0) is 51.4 Å². The topological polar surface area (TPSA) is 46.1 Å². The van der Waals surface area contributed by atoms with Crippen molar-refractivity contribution in [1.82, 2.24) is 20.4 Å². The van der Waals surface area contributed by atoms with E-state index < -0.39 is 11.6 Å². The predicted molar refractivity (Wildman–Crippen MR) is 124 cm³/mol. The Morgan fingerprint density at radius 1 is 1.06 bits per heavy atom. The monoisotopic (exact) mass is 436 g/mol. The Labute approximate surface area is 185 Å². The van der Waals surface area contributed by atoms with Crippen LogP contribution in [0.15, 0.2) is 23.2 Å². The van der Waals surface area contributed by atoms with Crippen LogP contribution in [-0.4, -0.2) is 87.2 Å². The first kappa shape index (κ1) is 23.7. The van der Waals surface area contributed by atoms with Crippen LogP contribution in [0.2, 0.25) is 0 Å². The van der Waals surface area contributed by atoms with E-state index >= 15 is 0 Å². The molecule has 2 aliphatic rings. The maximum atomic E-state index is 14.1. The first-order valence-corrected chi connectivity index (χ1v) is 11.8. The van der Waals surface area contributed by atoms with Gasteiger partial charge in [-0.1, -0.05) is 6.92 Å². The number of hydrogen-bond donors (Lipinski definition) is 2. The van der Waals surface area contributed by atoms with E-state index in [1.54, 1.807) is 0 Å². The molecular weight excluding hydrogens is 398 g/mol. The summed E-state index contributed by atoms with van der Waals surface area (Å²) in [6, 6.07) is 3.98. The fourth-order valence-corrected chi connectivity index (χ4v) is 4.32. The van der Waals surface area contributed by atoms with E-state index in [0.717, 1.165) is 64.0 Å². The zero-order valence-electron chi connectivity index (χ0n) is 19.0. The molecule has 0 aromatic heterocycles. The summed E-state index contributed by atoms with van der Waals surface area (Å²) in [6.07, 6.45) is 3.13. The Hall–Kier alpha value is -1.93. The molecule has 1 unspecified atom stereocenters. The van der Waals surface area contributed by atoms with Gasteiger partial charge in [0, 0.05) is 64.5 Å². The molecule has 0 saturated carbocycles. The summed E-state index contributed by atoms with van der Waals surface area (Å²) in [5.41, 5.74) is 0.465. The van der Waals surface area contributed by atoms with Crippen LogP contribution in [0.1, 0.15) is 33.1 Å². The Morgan fingerprint density at radius 3 is 2.55 bits per heavy atom. The number of hydrogen-bond acceptors (Lipinski definition) is 4. The molecule has 2 aliphatic heterocycles. The van der Waals surface area contributed by atoms with Crippen molar-refractivity contribution < 1.29 is 8.78 Å². The molecule has 2 saturated heterocycles. The quantitative estimate of drug-likeness (QED) is 0.354. The van der Waals surface area contributed by atoms with Gasteiger partial charge in [0.1, 0.15) is 11.6 Å². The second kappa shape index (κ2) is 12.2. The fourth-order valence-electron chi connectivity index (χ4n) is 4.32. The highest BCUT2D eigenvalue weighted by atomic mass is 19.1. The summed E-state index contributed by atoms with van der Waals surface area (Å²) in [5, 5.41) is 6.80. The zero-order chi connectivity index (χ0) is 22.1. The fraction of sp³-hybridized carbons (Fsp3) is 0.696. The van der Waals surface area contributed by atoms with E-state index in [-0.39, 0.29) is 6.04 Å². The van der Waals surface area contributed by atoms with Crippen LogP contribution in [0.4, 0.5) is 14.5 Å². The summed E-state index contributed by atoms with van der Waals surface area (Å²) in [5.74, 6) is -0.220. The highest BCUT2D eigenvalue weighted by molar-refractivity contribution is 5.80. The van der Waals surface area contributed by atoms with E-state index in [1.807, 2.05) is 4.90 Å². The van der Waals surface area contributed by atoms with Gasteiger partial charge in [0.15, 0.2) is 5.96 Å². The minimum atomic E-state index is -0.542. The highest BCUT2D eigenvalue weighted by Crippen LogP contribution is 2.24. The minimum absolute atomic E-state index is 0.192. The molecule has 3 rings (SSSR count). The highest BCUT2D eigenvalue weighted by Gasteiger charge is 2.25. The van der Waals surface area contributed by atoms with Gasteiger partial charge in [0.05, 0.1) is 5.69 Å². The van der Waals surface area contributed by atoms with Crippen molar-refractivity contribution in [3.63, 3.8) is 0 Å². The van der Waals surface area contributed by atoms with Crippen LogP contribution in [0.5, 0.6) is 0 Å². The van der Waals surface area contributed by atoms with Gasteiger partial charge in [0.25, 0.3) is 0 Å². The maximum absolute atomic E-state index is 14.1. The molecular formula is C23H38F2N6. The molecule has 6 nitrogen and oxygen atoms in total. The average Bonchev–Trinajstić information content (AvgIpc) is 3.22. The van der Waals surface area contributed by atoms with Gasteiger partial charge in [-0.25, -0.2) is 8.78 Å². The molecule has 1 aromatic carbocycles. The van der Waals surface area contributed by atoms with Crippen LogP contribution < -0.4 is 15.5 Å². The first-order valence-electron chi connectivity index (χ1n) is 11.8. The molecule has 0 amide bonds. The number of aliphatic imine (C=N–C) groups is 1. The standard InChI is InChI=1S/C23H38F2N6/c1-3-26-23(27-10-5-6-11-30-15-13-29(4-2)14-16-30)28-20-9-12-31(18-20)22-8-7-19(24)17-21(22)25/h7-8,17,20H,3-6,9-16,18H2,1-2H3,(H2,26,27,28). The Kier molecular flexibility index (Phi) is 9.33. The second-order valence-electron chi connectivity index (χ2n) is 8.42. The number of anilines is 1. The number of piperazine rings is 1. The van der Waals surface area contributed by atoms with Crippen molar-refractivity contribution in [3.8, 4) is 0 Å². The molecule has 2 heterocycles. The Bertz CT molecular complexity index is 705. The largest absolute Gasteiger partial charge is 0.367 e. The number of nitrogens with one attached hydrogen (secondary N) is 2. The summed E-state index contributed by atoms with van der Waals surface area (Å²) in [6.45, 7) is 14.3. The van der Waals surface area contributed by atoms with Crippen LogP contribution in [0, 0.1) is 11.6 Å². The Morgan fingerprint density at radius 2 is 1.84 bits per heavy atom. The lowest BCUT2D eigenvalue weighted by atomic mass is 10.2. The number of halogens is 2. The van der Waals surface area contributed by atoms with Gasteiger partial charge in [0.2, 0.25) is 0 Å². The molecule has 174 valence electrons. The number of rotatable bonds is 9. The molecule has 1 aromatic rings. The summed E-state index contributed by atoms with van der Waals surface area (Å²) in [7, 11) is 0. The van der Waals surface area contributed by atoms with Crippen LogP contribution in [0.25, 0.3) is 0 Å². The molecule has 0 bridgehead atoms. The molecule has 0 spiro atoms. The van der Waals surface area contributed by atoms with Crippen molar-refractivity contribution in [3.05, 3.63) is 29.8 Å². The van der Waals surface area contributed by atoms with Crippen molar-refractivity contribution in [2.24, 2.45) is 4.99 Å². The molecule has 1 atom stereocenters. The van der Waals surface area contributed by atoms with E-state index in [9.17, 15) is 8.78 Å². The summed E-state index contributed by atoms with van der Waals surface area (Å²) >= 11 is 0. The van der Waals surface area contributed by atoms with Crippen molar-refractivity contribution >= 4 is 11.6 Å². The lowest BCUT2D eigenvalue weighted by Crippen LogP contribution is -2.46. The first-order chi connectivity index (χ1) is 15.1. The average molecular weight is 437 g/mol. The molecule has 0 radical (unpaired) electrons. The number of benzene rings is 1. The van der Waals surface area contributed by atoms with Crippen LogP contribution in [0.3, 0.4) is 0 Å². The van der Waals surface area contributed by atoms with Gasteiger partial charge >= 0.3 is 0 Å². The number of nitrogens with zero attached hydrogens (tertiary/aromatic N) is 4. The zero-order valence-corrected chi connectivity index (χ0v) is 19.0. The predicted octanol–water partition coefficient (Wildman–Crippen LogP) is 2.52. The summed E-state index contributed by atoms with van der Waals surface area (Å²) < 4.78 is 27.3. The Balaban J connectivity index is 1.39. The third kappa shape index (κ3) is 7.31. The molecule has 0 aliphatic carbocycles. The van der Waals surface area contributed by atoms with Gasteiger partial charge in [-0.3, -0.25) is 4.99 Å². The normalized spacial score (nSPS) is 21.0. The number of likely N-dealkylation sites (N-methyl/N-ethyl adjacent to an activating group) is 1. The lowest BCUT2D eigenvalue weighted by Gasteiger charge is -2.33. The number of unbranched alkanes of at least 4 members (excludes halogenated alkanes) is 1. The molecule has 31 heavy (non-hydrogen) atoms. The third-order valence-corrected chi connectivity index (χ3v) is 6.19. The van der Waals surface area contributed by atoms with E-state index in [2.05, 4.69) is 34.3 Å². The van der Waals surface area contributed by atoms with E-state index in [4.69, 9.17) is 4.99 Å². The van der Waals surface area contributed by atoms with Gasteiger partial charge in [-0.2, -0.15) is 0 Å². The molecule has 2 N–H and O–H groups in total. The SMILES string of the molecule is CCNC(=NCCCCN1CCN(CC)CC1)NC1CCN(c2ccc(F)cc2F)C1.